The zero-order chi connectivity index (χ0) is 22.6. The van der Waals surface area contributed by atoms with Crippen molar-refractivity contribution in [2.75, 3.05) is 41.8 Å². The maximum absolute atomic E-state index is 13.8. The number of nitrogen functional groups attached to an aromatic ring is 1. The molecule has 9 nitrogen and oxygen atoms in total. The smallest absolute Gasteiger partial charge is 0.384 e. The van der Waals surface area contributed by atoms with Crippen molar-refractivity contribution in [2.24, 2.45) is 0 Å². The predicted molar refractivity (Wildman–Crippen MR) is 110 cm³/mol. The quantitative estimate of drug-likeness (QED) is 0.752. The lowest BCUT2D eigenvalue weighted by Gasteiger charge is -2.36. The van der Waals surface area contributed by atoms with Crippen LogP contribution >= 0.6 is 0 Å². The van der Waals surface area contributed by atoms with E-state index in [1.54, 1.807) is 0 Å². The maximum Gasteiger partial charge on any atom is 0.417 e. The molecule has 172 valence electrons. The monoisotopic (exact) mass is 451 g/mol. The number of pyridine rings is 1. The molecular weight excluding hydrogens is 427 g/mol. The summed E-state index contributed by atoms with van der Waals surface area (Å²) >= 11 is 0. The van der Waals surface area contributed by atoms with Gasteiger partial charge in [0, 0.05) is 25.8 Å². The molecule has 32 heavy (non-hydrogen) atoms. The van der Waals surface area contributed by atoms with E-state index in [1.165, 1.54) is 0 Å². The number of alkyl halides is 3. The molecule has 3 fully saturated rings. The topological polar surface area (TPSA) is 103 Å². The SMILES string of the molecule is C[C@@H]1CN(c2nc(-c3cnc(N)cc3C(F)(F)F)nc(N3CC4CC3CO4)n2)C[C@H](C)O1. The number of morpholine rings is 2. The van der Waals surface area contributed by atoms with Gasteiger partial charge < -0.3 is 25.0 Å². The Hall–Kier alpha value is -2.73. The van der Waals surface area contributed by atoms with Crippen LogP contribution in [0.3, 0.4) is 0 Å². The standard InChI is InChI=1S/C20H24F3N7O2/c1-10-6-29(7-11(2)32-10)18-26-17(14-5-25-16(24)4-15(14)20(21,22)23)27-19(28-18)30-8-13-3-12(30)9-31-13/h4-5,10-13H,3,6-9H2,1-2H3,(H2,24,25)/t10-,11+,12?,13?. The normalized spacial score (nSPS) is 27.9. The summed E-state index contributed by atoms with van der Waals surface area (Å²) in [6.45, 7) is 6.06. The highest BCUT2D eigenvalue weighted by atomic mass is 19.4. The molecular formula is C20H24F3N7O2. The first-order valence-electron chi connectivity index (χ1n) is 10.5. The van der Waals surface area contributed by atoms with Crippen LogP contribution in [0.4, 0.5) is 30.9 Å². The van der Waals surface area contributed by atoms with Gasteiger partial charge >= 0.3 is 6.18 Å². The molecule has 2 bridgehead atoms. The Kier molecular flexibility index (Phi) is 5.08. The first kappa shape index (κ1) is 21.1. The Bertz CT molecular complexity index is 1010. The molecule has 4 atom stereocenters. The Labute approximate surface area is 182 Å². The Morgan fingerprint density at radius 3 is 2.41 bits per heavy atom. The van der Waals surface area contributed by atoms with Crippen molar-refractivity contribution in [1.82, 2.24) is 19.9 Å². The number of halogens is 3. The number of hydrogen-bond acceptors (Lipinski definition) is 9. The molecule has 2 unspecified atom stereocenters. The Morgan fingerprint density at radius 1 is 1.06 bits per heavy atom. The average molecular weight is 451 g/mol. The minimum Gasteiger partial charge on any atom is -0.384 e. The summed E-state index contributed by atoms with van der Waals surface area (Å²) in [6.07, 6.45) is -2.77. The maximum atomic E-state index is 13.8. The van der Waals surface area contributed by atoms with Gasteiger partial charge in [-0.2, -0.15) is 28.1 Å². The molecule has 3 aliphatic heterocycles. The third-order valence-electron chi connectivity index (χ3n) is 5.94. The average Bonchev–Trinajstić information content (AvgIpc) is 3.36. The summed E-state index contributed by atoms with van der Waals surface area (Å²) in [4.78, 5) is 21.3. The number of hydrogen-bond donors (Lipinski definition) is 1. The summed E-state index contributed by atoms with van der Waals surface area (Å²) in [7, 11) is 0. The molecule has 0 amide bonds. The first-order valence-corrected chi connectivity index (χ1v) is 10.5. The largest absolute Gasteiger partial charge is 0.417 e. The number of aromatic nitrogens is 4. The van der Waals surface area contributed by atoms with Crippen molar-refractivity contribution in [3.63, 3.8) is 0 Å². The molecule has 3 aliphatic rings. The predicted octanol–water partition coefficient (Wildman–Crippen LogP) is 2.13. The zero-order valence-corrected chi connectivity index (χ0v) is 17.7. The van der Waals surface area contributed by atoms with E-state index in [2.05, 4.69) is 19.9 Å². The van der Waals surface area contributed by atoms with Gasteiger partial charge in [0.15, 0.2) is 5.82 Å². The van der Waals surface area contributed by atoms with Crippen LogP contribution in [-0.2, 0) is 15.7 Å². The lowest BCUT2D eigenvalue weighted by molar-refractivity contribution is -0.137. The van der Waals surface area contributed by atoms with Gasteiger partial charge in [-0.3, -0.25) is 0 Å². The van der Waals surface area contributed by atoms with E-state index in [-0.39, 0.29) is 41.6 Å². The molecule has 2 aromatic heterocycles. The number of fused-ring (bicyclic) bond motifs is 2. The summed E-state index contributed by atoms with van der Waals surface area (Å²) in [5.41, 5.74) is 4.38. The van der Waals surface area contributed by atoms with Crippen LogP contribution in [0.5, 0.6) is 0 Å². The minimum absolute atomic E-state index is 0.0671. The van der Waals surface area contributed by atoms with E-state index in [1.807, 2.05) is 23.6 Å². The highest BCUT2D eigenvalue weighted by molar-refractivity contribution is 5.65. The van der Waals surface area contributed by atoms with Crippen LogP contribution in [0.1, 0.15) is 25.8 Å². The van der Waals surface area contributed by atoms with Crippen molar-refractivity contribution in [3.05, 3.63) is 17.8 Å². The highest BCUT2D eigenvalue weighted by Gasteiger charge is 2.41. The van der Waals surface area contributed by atoms with Crippen LogP contribution in [0.25, 0.3) is 11.4 Å². The summed E-state index contributed by atoms with van der Waals surface area (Å²) < 4.78 is 52.8. The van der Waals surface area contributed by atoms with Gasteiger partial charge in [0.05, 0.1) is 42.1 Å². The molecule has 0 radical (unpaired) electrons. The van der Waals surface area contributed by atoms with Gasteiger partial charge in [-0.25, -0.2) is 4.98 Å². The minimum atomic E-state index is -4.64. The fourth-order valence-electron chi connectivity index (χ4n) is 4.61. The van der Waals surface area contributed by atoms with E-state index in [0.29, 0.717) is 38.1 Å². The molecule has 0 spiro atoms. The zero-order valence-electron chi connectivity index (χ0n) is 17.7. The molecule has 5 heterocycles. The summed E-state index contributed by atoms with van der Waals surface area (Å²) in [6, 6.07) is 0.903. The van der Waals surface area contributed by atoms with Crippen molar-refractivity contribution < 1.29 is 22.6 Å². The van der Waals surface area contributed by atoms with Crippen LogP contribution < -0.4 is 15.5 Å². The van der Waals surface area contributed by atoms with Crippen molar-refractivity contribution in [2.45, 2.75) is 50.8 Å². The molecule has 0 aromatic carbocycles. The molecule has 0 aliphatic carbocycles. The van der Waals surface area contributed by atoms with Crippen LogP contribution in [0.2, 0.25) is 0 Å². The van der Waals surface area contributed by atoms with Crippen molar-refractivity contribution >= 4 is 17.7 Å². The molecule has 12 heteroatoms. The van der Waals surface area contributed by atoms with Crippen LogP contribution in [0.15, 0.2) is 12.3 Å². The van der Waals surface area contributed by atoms with Gasteiger partial charge in [0.25, 0.3) is 0 Å². The second-order valence-electron chi connectivity index (χ2n) is 8.57. The molecule has 0 saturated carbocycles. The first-order chi connectivity index (χ1) is 15.2. The van der Waals surface area contributed by atoms with Crippen LogP contribution in [-0.4, -0.2) is 70.5 Å². The summed E-state index contributed by atoms with van der Waals surface area (Å²) in [5, 5.41) is 0. The lowest BCUT2D eigenvalue weighted by Crippen LogP contribution is -2.46. The fourth-order valence-corrected chi connectivity index (χ4v) is 4.61. The number of nitrogens with zero attached hydrogens (tertiary/aromatic N) is 6. The van der Waals surface area contributed by atoms with Crippen LogP contribution in [0, 0.1) is 0 Å². The summed E-state index contributed by atoms with van der Waals surface area (Å²) in [5.74, 6) is 0.360. The lowest BCUT2D eigenvalue weighted by atomic mass is 10.1. The second-order valence-corrected chi connectivity index (χ2v) is 8.57. The van der Waals surface area contributed by atoms with Crippen molar-refractivity contribution in [1.29, 1.82) is 0 Å². The van der Waals surface area contributed by atoms with Gasteiger partial charge in [-0.1, -0.05) is 0 Å². The number of anilines is 3. The molecule has 5 rings (SSSR count). The molecule has 2 aromatic rings. The third kappa shape index (κ3) is 3.92. The van der Waals surface area contributed by atoms with Gasteiger partial charge in [0.2, 0.25) is 11.9 Å². The number of ether oxygens (including phenoxy) is 2. The fraction of sp³-hybridized carbons (Fsp3) is 0.600. The van der Waals surface area contributed by atoms with E-state index in [9.17, 15) is 13.2 Å². The van der Waals surface area contributed by atoms with Crippen molar-refractivity contribution in [3.8, 4) is 11.4 Å². The van der Waals surface area contributed by atoms with E-state index in [0.717, 1.165) is 18.7 Å². The molecule has 3 saturated heterocycles. The number of nitrogens with two attached hydrogens (primary N) is 1. The van der Waals surface area contributed by atoms with E-state index in [4.69, 9.17) is 15.2 Å². The second kappa shape index (κ2) is 7.69. The number of rotatable bonds is 3. The van der Waals surface area contributed by atoms with Gasteiger partial charge in [-0.15, -0.1) is 0 Å². The van der Waals surface area contributed by atoms with E-state index >= 15 is 0 Å². The third-order valence-corrected chi connectivity index (χ3v) is 5.94. The highest BCUT2D eigenvalue weighted by Crippen LogP contribution is 2.38. The molecule has 2 N–H and O–H groups in total. The Balaban J connectivity index is 1.62. The van der Waals surface area contributed by atoms with Gasteiger partial charge in [0.1, 0.15) is 5.82 Å². The van der Waals surface area contributed by atoms with E-state index < -0.39 is 11.7 Å². The Morgan fingerprint density at radius 2 is 1.78 bits per heavy atom. The van der Waals surface area contributed by atoms with Gasteiger partial charge in [-0.05, 0) is 26.3 Å².